The fraction of sp³-hybridized carbons (Fsp3) is 0.306. The Morgan fingerprint density at radius 3 is 1.00 bits per heavy atom. The average Bonchev–Trinajstić information content (AvgIpc) is 2.85. The van der Waals surface area contributed by atoms with Crippen LogP contribution in [0.5, 0.6) is 0 Å². The van der Waals surface area contributed by atoms with Crippen LogP contribution in [0, 0.1) is 6.92 Å². The highest BCUT2D eigenvalue weighted by Crippen LogP contribution is 2.12. The molecule has 0 aliphatic heterocycles. The van der Waals surface area contributed by atoms with E-state index in [1.54, 1.807) is 0 Å². The van der Waals surface area contributed by atoms with Gasteiger partial charge in [-0.3, -0.25) is 0 Å². The topological polar surface area (TPSA) is 57.5 Å². The molecule has 4 rings (SSSR count). The van der Waals surface area contributed by atoms with Crippen LogP contribution in [0.3, 0.4) is 0 Å². The maximum absolute atomic E-state index is 9.47. The molecule has 0 bridgehead atoms. The molecule has 0 saturated carbocycles. The molecule has 216 valence electrons. The number of carbonyl (C=O) groups excluding carboxylic acids is 1. The van der Waals surface area contributed by atoms with E-state index >= 15 is 0 Å². The van der Waals surface area contributed by atoms with Crippen LogP contribution in [0.2, 0.25) is 0 Å². The van der Waals surface area contributed by atoms with Crippen LogP contribution in [-0.2, 0) is 17.6 Å². The number of Topliss-reactive ketones (excluding diaryl/α,β-unsaturated/α-hetero) is 1. The molecule has 3 nitrogen and oxygen atoms in total. The smallest absolute Gasteiger partial charge is 0.126 e. The molecule has 40 heavy (non-hydrogen) atoms. The Balaban J connectivity index is 0.000000494. The second-order valence-electron chi connectivity index (χ2n) is 10.8. The highest BCUT2D eigenvalue weighted by Gasteiger charge is 2.12. The summed E-state index contributed by atoms with van der Waals surface area (Å²) in [6.07, 6.45) is 1.43. The SMILES string of the molecule is CC(C)(O)Cc1ccccc1.CC(C)(O)Cc1ccccc1.CC(C)=O.Cc1ccccc1.Sc1ccccc1. The van der Waals surface area contributed by atoms with Gasteiger partial charge in [-0.2, -0.15) is 0 Å². The van der Waals surface area contributed by atoms with Gasteiger partial charge in [-0.05, 0) is 71.7 Å². The van der Waals surface area contributed by atoms with Crippen molar-refractivity contribution in [3.63, 3.8) is 0 Å². The molecule has 0 atom stereocenters. The predicted molar refractivity (Wildman–Crippen MR) is 174 cm³/mol. The first-order chi connectivity index (χ1) is 18.7. The molecule has 4 aromatic rings. The Labute approximate surface area is 248 Å². The van der Waals surface area contributed by atoms with Gasteiger partial charge < -0.3 is 15.0 Å². The molecule has 0 unspecified atom stereocenters. The van der Waals surface area contributed by atoms with Gasteiger partial charge in [0.25, 0.3) is 0 Å². The summed E-state index contributed by atoms with van der Waals surface area (Å²) in [6, 6.07) is 40.1. The first kappa shape index (κ1) is 36.8. The first-order valence-electron chi connectivity index (χ1n) is 13.4. The lowest BCUT2D eigenvalue weighted by molar-refractivity contribution is -0.115. The summed E-state index contributed by atoms with van der Waals surface area (Å²) in [6.45, 7) is 12.4. The highest BCUT2D eigenvalue weighted by atomic mass is 32.1. The van der Waals surface area contributed by atoms with Gasteiger partial charge in [0.15, 0.2) is 0 Å². The molecule has 0 aliphatic rings. The van der Waals surface area contributed by atoms with Gasteiger partial charge in [0, 0.05) is 17.7 Å². The van der Waals surface area contributed by atoms with Gasteiger partial charge in [-0.1, -0.05) is 115 Å². The second-order valence-corrected chi connectivity index (χ2v) is 11.4. The second kappa shape index (κ2) is 20.7. The molecule has 0 aromatic heterocycles. The zero-order valence-electron chi connectivity index (χ0n) is 25.2. The number of carbonyl (C=O) groups is 1. The lowest BCUT2D eigenvalue weighted by Gasteiger charge is -2.16. The van der Waals surface area contributed by atoms with E-state index in [9.17, 15) is 15.0 Å². The molecule has 4 heteroatoms. The molecule has 4 aromatic carbocycles. The summed E-state index contributed by atoms with van der Waals surface area (Å²) in [4.78, 5) is 10.5. The third kappa shape index (κ3) is 26.4. The fourth-order valence-electron chi connectivity index (χ4n) is 3.15. The van der Waals surface area contributed by atoms with E-state index in [4.69, 9.17) is 0 Å². The van der Waals surface area contributed by atoms with Gasteiger partial charge >= 0.3 is 0 Å². The van der Waals surface area contributed by atoms with E-state index < -0.39 is 11.2 Å². The van der Waals surface area contributed by atoms with E-state index in [1.165, 1.54) is 30.5 Å². The Hall–Kier alpha value is -3.18. The van der Waals surface area contributed by atoms with Gasteiger partial charge in [-0.25, -0.2) is 0 Å². The van der Waals surface area contributed by atoms with E-state index in [0.717, 1.165) is 4.90 Å². The Bertz CT molecular complexity index is 1040. The van der Waals surface area contributed by atoms with Crippen LogP contribution in [0.15, 0.2) is 126 Å². The van der Waals surface area contributed by atoms with Crippen LogP contribution >= 0.6 is 12.6 Å². The van der Waals surface area contributed by atoms with Crippen molar-refractivity contribution in [2.75, 3.05) is 0 Å². The third-order valence-corrected chi connectivity index (χ3v) is 4.95. The van der Waals surface area contributed by atoms with Crippen molar-refractivity contribution >= 4 is 18.4 Å². The fourth-order valence-corrected chi connectivity index (χ4v) is 3.33. The Morgan fingerprint density at radius 1 is 0.575 bits per heavy atom. The third-order valence-electron chi connectivity index (χ3n) is 4.66. The molecule has 0 radical (unpaired) electrons. The van der Waals surface area contributed by atoms with Crippen molar-refractivity contribution in [1.82, 2.24) is 0 Å². The molecule has 0 spiro atoms. The van der Waals surface area contributed by atoms with E-state index in [-0.39, 0.29) is 5.78 Å². The van der Waals surface area contributed by atoms with Crippen molar-refractivity contribution in [3.05, 3.63) is 138 Å². The van der Waals surface area contributed by atoms with Crippen molar-refractivity contribution in [3.8, 4) is 0 Å². The van der Waals surface area contributed by atoms with Gasteiger partial charge in [0.05, 0.1) is 11.2 Å². The van der Waals surface area contributed by atoms with Crippen molar-refractivity contribution < 1.29 is 15.0 Å². The molecule has 0 heterocycles. The number of thiol groups is 1. The van der Waals surface area contributed by atoms with Gasteiger partial charge in [0.2, 0.25) is 0 Å². The van der Waals surface area contributed by atoms with Gasteiger partial charge in [0.1, 0.15) is 5.78 Å². The summed E-state index contributed by atoms with van der Waals surface area (Å²) in [5.41, 5.74) is 2.49. The van der Waals surface area contributed by atoms with Crippen molar-refractivity contribution in [2.24, 2.45) is 0 Å². The summed E-state index contributed by atoms with van der Waals surface area (Å²) < 4.78 is 0. The maximum Gasteiger partial charge on any atom is 0.126 e. The standard InChI is InChI=1S/2C10H14O.C7H8.C6H6S.C3H6O/c2*1-10(2,11)8-9-6-4-3-5-7-9;1-7-5-3-2-4-6-7;7-6-4-2-1-3-5-6;1-3(2)4/h2*3-7,11H,8H2,1-2H3;2-6H,1H3;1-5,7H;1-2H3. The van der Waals surface area contributed by atoms with Crippen LogP contribution in [-0.4, -0.2) is 27.2 Å². The van der Waals surface area contributed by atoms with E-state index in [1.807, 2.05) is 137 Å². The number of hydrogen-bond acceptors (Lipinski definition) is 4. The zero-order chi connectivity index (χ0) is 30.4. The molecule has 0 amide bonds. The van der Waals surface area contributed by atoms with E-state index in [2.05, 4.69) is 31.7 Å². The molecule has 0 fully saturated rings. The average molecular weight is 561 g/mol. The number of hydrogen-bond donors (Lipinski definition) is 3. The molecular formula is C36H48O3S. The molecule has 2 N–H and O–H groups in total. The number of aliphatic hydroxyl groups is 2. The first-order valence-corrected chi connectivity index (χ1v) is 13.9. The minimum atomic E-state index is -0.596. The van der Waals surface area contributed by atoms with Gasteiger partial charge in [-0.15, -0.1) is 12.6 Å². The number of ketones is 1. The summed E-state index contributed by atoms with van der Waals surface area (Å²) in [7, 11) is 0. The lowest BCUT2D eigenvalue weighted by Crippen LogP contribution is -2.21. The zero-order valence-corrected chi connectivity index (χ0v) is 26.1. The van der Waals surface area contributed by atoms with Crippen LogP contribution < -0.4 is 0 Å². The predicted octanol–water partition coefficient (Wildman–Crippen LogP) is 8.57. The Morgan fingerprint density at radius 2 is 0.825 bits per heavy atom. The molecule has 0 aliphatic carbocycles. The maximum atomic E-state index is 9.47. The van der Waals surface area contributed by atoms with Crippen molar-refractivity contribution in [1.29, 1.82) is 0 Å². The Kier molecular flexibility index (Phi) is 19.0. The van der Waals surface area contributed by atoms with E-state index in [0.29, 0.717) is 12.8 Å². The summed E-state index contributed by atoms with van der Waals surface area (Å²) >= 11 is 4.08. The number of aryl methyl sites for hydroxylation is 1. The molecular weight excluding hydrogens is 512 g/mol. The summed E-state index contributed by atoms with van der Waals surface area (Å²) in [5, 5.41) is 18.9. The van der Waals surface area contributed by atoms with Crippen LogP contribution in [0.1, 0.15) is 58.2 Å². The molecule has 0 saturated heterocycles. The normalized spacial score (nSPS) is 10.1. The number of benzene rings is 4. The quantitative estimate of drug-likeness (QED) is 0.219. The van der Waals surface area contributed by atoms with Crippen LogP contribution in [0.25, 0.3) is 0 Å². The lowest BCUT2D eigenvalue weighted by atomic mass is 9.99. The number of rotatable bonds is 4. The highest BCUT2D eigenvalue weighted by molar-refractivity contribution is 7.80. The monoisotopic (exact) mass is 560 g/mol. The van der Waals surface area contributed by atoms with Crippen LogP contribution in [0.4, 0.5) is 0 Å². The summed E-state index contributed by atoms with van der Waals surface area (Å²) in [5.74, 6) is 0.167. The minimum Gasteiger partial charge on any atom is -0.390 e. The van der Waals surface area contributed by atoms with Crippen molar-refractivity contribution in [2.45, 2.75) is 77.4 Å². The largest absolute Gasteiger partial charge is 0.390 e. The minimum absolute atomic E-state index is 0.167.